The molecule has 0 saturated heterocycles. The number of hydrogen-bond acceptors (Lipinski definition) is 1. The second-order valence-electron chi connectivity index (χ2n) is 4.67. The van der Waals surface area contributed by atoms with Crippen LogP contribution in [0, 0.1) is 5.82 Å². The van der Waals surface area contributed by atoms with Gasteiger partial charge in [0.15, 0.2) is 0 Å². The van der Waals surface area contributed by atoms with Gasteiger partial charge in [0.05, 0.1) is 11.3 Å². The quantitative estimate of drug-likeness (QED) is 0.781. The summed E-state index contributed by atoms with van der Waals surface area (Å²) in [4.78, 5) is 0. The molecule has 0 aliphatic rings. The van der Waals surface area contributed by atoms with E-state index in [0.717, 1.165) is 29.7 Å². The van der Waals surface area contributed by atoms with Gasteiger partial charge in [0, 0.05) is 6.54 Å². The number of hydrogen-bond donors (Lipinski definition) is 1. The lowest BCUT2D eigenvalue weighted by Crippen LogP contribution is -2.08. The third-order valence-corrected chi connectivity index (χ3v) is 3.26. The molecule has 0 saturated carbocycles. The number of anilines is 1. The fraction of sp³-hybridized carbons (Fsp3) is 0.250. The topological polar surface area (TPSA) is 12.0 Å². The highest BCUT2D eigenvalue weighted by atomic mass is 19.4. The molecular formula is C16H15F4N. The lowest BCUT2D eigenvalue weighted by molar-refractivity contribution is -0.137. The van der Waals surface area contributed by atoms with Gasteiger partial charge in [0.2, 0.25) is 0 Å². The van der Waals surface area contributed by atoms with Crippen LogP contribution in [0.5, 0.6) is 0 Å². The number of benzene rings is 2. The zero-order valence-corrected chi connectivity index (χ0v) is 11.5. The molecule has 1 N–H and O–H groups in total. The highest BCUT2D eigenvalue weighted by Crippen LogP contribution is 2.31. The van der Waals surface area contributed by atoms with Crippen molar-refractivity contribution in [3.63, 3.8) is 0 Å². The van der Waals surface area contributed by atoms with E-state index in [1.807, 2.05) is 31.2 Å². The summed E-state index contributed by atoms with van der Waals surface area (Å²) in [7, 11) is 0. The molecule has 1 nitrogen and oxygen atoms in total. The first-order valence-corrected chi connectivity index (χ1v) is 6.59. The summed E-state index contributed by atoms with van der Waals surface area (Å²) < 4.78 is 51.1. The standard InChI is InChI=1S/C16H15F4N/c1-2-11-5-3-4-6-12(11)10-21-15-8-7-13(9-14(15)17)16(18,19)20/h3-9,21H,2,10H2,1H3. The molecule has 0 spiro atoms. The lowest BCUT2D eigenvalue weighted by Gasteiger charge is -2.12. The highest BCUT2D eigenvalue weighted by molar-refractivity contribution is 5.47. The van der Waals surface area contributed by atoms with Crippen LogP contribution in [0.1, 0.15) is 23.6 Å². The Kier molecular flexibility index (Phi) is 4.50. The number of aryl methyl sites for hydroxylation is 1. The van der Waals surface area contributed by atoms with Crippen molar-refractivity contribution < 1.29 is 17.6 Å². The molecule has 0 fully saturated rings. The van der Waals surface area contributed by atoms with Crippen LogP contribution in [0.4, 0.5) is 23.2 Å². The van der Waals surface area contributed by atoms with Crippen molar-refractivity contribution in [3.8, 4) is 0 Å². The molecule has 0 aliphatic carbocycles. The van der Waals surface area contributed by atoms with Gasteiger partial charge in [0.25, 0.3) is 0 Å². The van der Waals surface area contributed by atoms with E-state index in [1.54, 1.807) is 0 Å². The lowest BCUT2D eigenvalue weighted by atomic mass is 10.1. The van der Waals surface area contributed by atoms with Gasteiger partial charge in [-0.15, -0.1) is 0 Å². The Hall–Kier alpha value is -2.04. The van der Waals surface area contributed by atoms with Gasteiger partial charge in [0.1, 0.15) is 5.82 Å². The molecule has 5 heteroatoms. The molecular weight excluding hydrogens is 282 g/mol. The molecule has 0 bridgehead atoms. The Labute approximate surface area is 120 Å². The minimum atomic E-state index is -4.53. The van der Waals surface area contributed by atoms with Crippen LogP contribution in [0.2, 0.25) is 0 Å². The van der Waals surface area contributed by atoms with Gasteiger partial charge in [-0.25, -0.2) is 4.39 Å². The first-order valence-electron chi connectivity index (χ1n) is 6.59. The summed E-state index contributed by atoms with van der Waals surface area (Å²) in [5.41, 5.74) is 1.20. The van der Waals surface area contributed by atoms with Crippen LogP contribution in [-0.2, 0) is 19.1 Å². The summed E-state index contributed by atoms with van der Waals surface area (Å²) in [6.45, 7) is 2.38. The minimum absolute atomic E-state index is 0.0638. The molecule has 0 aliphatic heterocycles. The molecule has 21 heavy (non-hydrogen) atoms. The van der Waals surface area contributed by atoms with Crippen molar-refractivity contribution >= 4 is 5.69 Å². The van der Waals surface area contributed by atoms with Crippen LogP contribution in [0.3, 0.4) is 0 Å². The fourth-order valence-electron chi connectivity index (χ4n) is 2.10. The summed E-state index contributed by atoms with van der Waals surface area (Å²) >= 11 is 0. The predicted octanol–water partition coefficient (Wildman–Crippen LogP) is 5.02. The average Bonchev–Trinajstić information content (AvgIpc) is 2.45. The molecule has 0 amide bonds. The monoisotopic (exact) mass is 297 g/mol. The van der Waals surface area contributed by atoms with E-state index in [1.165, 1.54) is 0 Å². The first kappa shape index (κ1) is 15.4. The third-order valence-electron chi connectivity index (χ3n) is 3.26. The second kappa shape index (κ2) is 6.16. The Bertz CT molecular complexity index is 620. The fourth-order valence-corrected chi connectivity index (χ4v) is 2.10. The largest absolute Gasteiger partial charge is 0.416 e. The number of rotatable bonds is 4. The maximum absolute atomic E-state index is 13.7. The molecule has 0 aromatic heterocycles. The van der Waals surface area contributed by atoms with Crippen LogP contribution >= 0.6 is 0 Å². The van der Waals surface area contributed by atoms with Crippen LogP contribution in [-0.4, -0.2) is 0 Å². The Morgan fingerprint density at radius 3 is 2.24 bits per heavy atom. The first-order chi connectivity index (χ1) is 9.91. The normalized spacial score (nSPS) is 11.5. The summed E-state index contributed by atoms with van der Waals surface area (Å²) in [5, 5.41) is 2.84. The Balaban J connectivity index is 2.14. The van der Waals surface area contributed by atoms with Crippen LogP contribution < -0.4 is 5.32 Å². The van der Waals surface area contributed by atoms with Crippen molar-refractivity contribution in [3.05, 3.63) is 65.0 Å². The molecule has 0 radical (unpaired) electrons. The molecule has 0 heterocycles. The van der Waals surface area contributed by atoms with Crippen molar-refractivity contribution in [1.29, 1.82) is 0 Å². The summed E-state index contributed by atoms with van der Waals surface area (Å²) in [6.07, 6.45) is -3.69. The smallest absolute Gasteiger partial charge is 0.379 e. The van der Waals surface area contributed by atoms with Gasteiger partial charge < -0.3 is 5.32 Å². The molecule has 2 aromatic rings. The van der Waals surface area contributed by atoms with Gasteiger partial charge in [-0.1, -0.05) is 31.2 Å². The minimum Gasteiger partial charge on any atom is -0.379 e. The maximum atomic E-state index is 13.7. The Morgan fingerprint density at radius 2 is 1.67 bits per heavy atom. The SMILES string of the molecule is CCc1ccccc1CNc1ccc(C(F)(F)F)cc1F. The Morgan fingerprint density at radius 1 is 1.00 bits per heavy atom. The molecule has 112 valence electrons. The van der Waals surface area contributed by atoms with Crippen molar-refractivity contribution in [2.24, 2.45) is 0 Å². The second-order valence-corrected chi connectivity index (χ2v) is 4.67. The zero-order valence-electron chi connectivity index (χ0n) is 11.5. The van der Waals surface area contributed by atoms with Gasteiger partial charge in [-0.2, -0.15) is 13.2 Å². The van der Waals surface area contributed by atoms with Gasteiger partial charge >= 0.3 is 6.18 Å². The summed E-state index contributed by atoms with van der Waals surface area (Å²) in [5.74, 6) is -0.904. The maximum Gasteiger partial charge on any atom is 0.416 e. The van der Waals surface area contributed by atoms with E-state index < -0.39 is 17.6 Å². The van der Waals surface area contributed by atoms with Crippen molar-refractivity contribution in [1.82, 2.24) is 0 Å². The zero-order chi connectivity index (χ0) is 15.5. The third kappa shape index (κ3) is 3.74. The number of nitrogens with one attached hydrogen (secondary N) is 1. The van der Waals surface area contributed by atoms with E-state index >= 15 is 0 Å². The van der Waals surface area contributed by atoms with Crippen molar-refractivity contribution in [2.75, 3.05) is 5.32 Å². The van der Waals surface area contributed by atoms with E-state index in [0.29, 0.717) is 12.6 Å². The van der Waals surface area contributed by atoms with Gasteiger partial charge in [-0.05, 0) is 35.7 Å². The van der Waals surface area contributed by atoms with Crippen molar-refractivity contribution in [2.45, 2.75) is 26.1 Å². The number of halogens is 4. The van der Waals surface area contributed by atoms with Gasteiger partial charge in [-0.3, -0.25) is 0 Å². The highest BCUT2D eigenvalue weighted by Gasteiger charge is 2.31. The van der Waals surface area contributed by atoms with E-state index in [4.69, 9.17) is 0 Å². The number of alkyl halides is 3. The van der Waals surface area contributed by atoms with Crippen LogP contribution in [0.25, 0.3) is 0 Å². The van der Waals surface area contributed by atoms with E-state index in [-0.39, 0.29) is 5.69 Å². The average molecular weight is 297 g/mol. The van der Waals surface area contributed by atoms with E-state index in [9.17, 15) is 17.6 Å². The molecule has 2 aromatic carbocycles. The van der Waals surface area contributed by atoms with E-state index in [2.05, 4.69) is 5.32 Å². The predicted molar refractivity (Wildman–Crippen MR) is 74.5 cm³/mol. The molecule has 0 unspecified atom stereocenters. The van der Waals surface area contributed by atoms with Crippen LogP contribution in [0.15, 0.2) is 42.5 Å². The molecule has 2 rings (SSSR count). The summed E-state index contributed by atoms with van der Waals surface area (Å²) in [6, 6.07) is 10.2. The molecule has 0 atom stereocenters.